The molecular formula is C22H28F3N5O4S2. The van der Waals surface area contributed by atoms with Gasteiger partial charge in [-0.25, -0.2) is 13.1 Å². The molecule has 9 nitrogen and oxygen atoms in total. The summed E-state index contributed by atoms with van der Waals surface area (Å²) in [4.78, 5) is 26.9. The third kappa shape index (κ3) is 6.09. The number of hydrogen-bond donors (Lipinski definition) is 3. The molecule has 0 atom stereocenters. The van der Waals surface area contributed by atoms with Crippen LogP contribution in [-0.2, 0) is 53.2 Å². The van der Waals surface area contributed by atoms with Crippen LogP contribution in [0.5, 0.6) is 0 Å². The van der Waals surface area contributed by atoms with Crippen molar-refractivity contribution < 1.29 is 31.2 Å². The van der Waals surface area contributed by atoms with Crippen LogP contribution in [0.1, 0.15) is 63.4 Å². The SMILES string of the molecule is CS(=O)(=O)NCCNC(=O)c1c(NC(=O)Cn2nc(C(F)(F)F)c3c2CCCC3)sc2c1CCCC2. The molecule has 0 saturated carbocycles. The van der Waals surface area contributed by atoms with Crippen molar-refractivity contribution in [3.8, 4) is 0 Å². The number of fused-ring (bicyclic) bond motifs is 2. The highest BCUT2D eigenvalue weighted by Gasteiger charge is 2.39. The van der Waals surface area contributed by atoms with Crippen molar-refractivity contribution in [2.75, 3.05) is 24.7 Å². The number of aromatic nitrogens is 2. The van der Waals surface area contributed by atoms with Gasteiger partial charge in [0.2, 0.25) is 15.9 Å². The lowest BCUT2D eigenvalue weighted by Gasteiger charge is -2.15. The van der Waals surface area contributed by atoms with Gasteiger partial charge in [0.05, 0.1) is 11.8 Å². The Morgan fingerprint density at radius 3 is 2.39 bits per heavy atom. The fourth-order valence-corrected chi connectivity index (χ4v) is 6.50. The van der Waals surface area contributed by atoms with Crippen molar-refractivity contribution in [1.82, 2.24) is 19.8 Å². The number of sulfonamides is 1. The van der Waals surface area contributed by atoms with Crippen LogP contribution in [0.4, 0.5) is 18.2 Å². The van der Waals surface area contributed by atoms with Crippen LogP contribution in [0.2, 0.25) is 0 Å². The number of nitrogens with one attached hydrogen (secondary N) is 3. The number of halogens is 3. The van der Waals surface area contributed by atoms with Gasteiger partial charge in [-0.3, -0.25) is 14.3 Å². The van der Waals surface area contributed by atoms with E-state index in [1.165, 1.54) is 11.3 Å². The molecule has 2 aliphatic rings. The van der Waals surface area contributed by atoms with Crippen molar-refractivity contribution in [3.05, 3.63) is 33.0 Å². The van der Waals surface area contributed by atoms with Gasteiger partial charge in [0, 0.05) is 29.2 Å². The van der Waals surface area contributed by atoms with Gasteiger partial charge in [-0.15, -0.1) is 11.3 Å². The van der Waals surface area contributed by atoms with E-state index in [4.69, 9.17) is 0 Å². The summed E-state index contributed by atoms with van der Waals surface area (Å²) >= 11 is 1.30. The zero-order valence-corrected chi connectivity index (χ0v) is 21.4. The summed E-state index contributed by atoms with van der Waals surface area (Å²) in [6.07, 6.45) is 1.81. The van der Waals surface area contributed by atoms with Gasteiger partial charge in [0.25, 0.3) is 5.91 Å². The molecule has 0 radical (unpaired) electrons. The highest BCUT2D eigenvalue weighted by molar-refractivity contribution is 7.88. The maximum atomic E-state index is 13.5. The number of anilines is 1. The van der Waals surface area contributed by atoms with E-state index in [9.17, 15) is 31.2 Å². The monoisotopic (exact) mass is 547 g/mol. The molecule has 0 fully saturated rings. The maximum absolute atomic E-state index is 13.5. The Morgan fingerprint density at radius 1 is 1.03 bits per heavy atom. The van der Waals surface area contributed by atoms with Gasteiger partial charge in [0.1, 0.15) is 11.5 Å². The highest BCUT2D eigenvalue weighted by atomic mass is 32.2. The standard InChI is InChI=1S/C22H28F3N5O4S2/c1-36(33,34)27-11-10-26-20(32)18-14-7-3-5-9-16(14)35-21(18)28-17(31)12-30-15-8-4-2-6-13(15)19(29-30)22(23,24)25/h27H,2-12H2,1H3,(H,26,32)(H,28,31). The number of aryl methyl sites for hydroxylation is 1. The number of carbonyl (C=O) groups is 2. The third-order valence-corrected chi connectivity index (χ3v) is 8.18. The van der Waals surface area contributed by atoms with Gasteiger partial charge >= 0.3 is 6.18 Å². The zero-order chi connectivity index (χ0) is 26.1. The van der Waals surface area contributed by atoms with Crippen LogP contribution < -0.4 is 15.4 Å². The fourth-order valence-electron chi connectivity index (χ4n) is 4.73. The molecule has 2 aliphatic carbocycles. The van der Waals surface area contributed by atoms with Gasteiger partial charge < -0.3 is 10.6 Å². The van der Waals surface area contributed by atoms with E-state index in [0.717, 1.165) is 47.1 Å². The smallest absolute Gasteiger partial charge is 0.351 e. The van der Waals surface area contributed by atoms with E-state index in [-0.39, 0.29) is 31.6 Å². The molecule has 0 bridgehead atoms. The summed E-state index contributed by atoms with van der Waals surface area (Å²) in [6.45, 7) is -0.311. The van der Waals surface area contributed by atoms with Crippen LogP contribution >= 0.6 is 11.3 Å². The topological polar surface area (TPSA) is 122 Å². The fraction of sp³-hybridized carbons (Fsp3) is 0.591. The molecule has 2 aromatic rings. The normalized spacial score (nSPS) is 15.8. The quantitative estimate of drug-likeness (QED) is 0.439. The van der Waals surface area contributed by atoms with Gasteiger partial charge in [-0.05, 0) is 56.9 Å². The van der Waals surface area contributed by atoms with E-state index in [0.29, 0.717) is 35.5 Å². The Kier molecular flexibility index (Phi) is 7.76. The van der Waals surface area contributed by atoms with Crippen LogP contribution in [-0.4, -0.2) is 49.4 Å². The predicted octanol–water partition coefficient (Wildman–Crippen LogP) is 2.64. The molecule has 0 aliphatic heterocycles. The van der Waals surface area contributed by atoms with Crippen LogP contribution in [0, 0.1) is 0 Å². The summed E-state index contributed by atoms with van der Waals surface area (Å²) < 4.78 is 66.3. The number of amides is 2. The zero-order valence-electron chi connectivity index (χ0n) is 19.8. The van der Waals surface area contributed by atoms with Gasteiger partial charge in [-0.2, -0.15) is 18.3 Å². The Balaban J connectivity index is 1.52. The van der Waals surface area contributed by atoms with E-state index in [1.807, 2.05) is 0 Å². The van der Waals surface area contributed by atoms with Crippen molar-refractivity contribution in [3.63, 3.8) is 0 Å². The van der Waals surface area contributed by atoms with Crippen LogP contribution in [0.3, 0.4) is 0 Å². The first-order valence-electron chi connectivity index (χ1n) is 11.8. The molecule has 0 spiro atoms. The number of alkyl halides is 3. The van der Waals surface area contributed by atoms with E-state index >= 15 is 0 Å². The predicted molar refractivity (Wildman–Crippen MR) is 129 cm³/mol. The number of carbonyl (C=O) groups excluding carboxylic acids is 2. The average molecular weight is 548 g/mol. The van der Waals surface area contributed by atoms with E-state index < -0.39 is 33.7 Å². The minimum absolute atomic E-state index is 0.0184. The van der Waals surface area contributed by atoms with Gasteiger partial charge in [-0.1, -0.05) is 0 Å². The summed E-state index contributed by atoms with van der Waals surface area (Å²) in [7, 11) is -3.39. The van der Waals surface area contributed by atoms with Gasteiger partial charge in [0.15, 0.2) is 5.69 Å². The Morgan fingerprint density at radius 2 is 1.69 bits per heavy atom. The molecule has 0 aromatic carbocycles. The Hall–Kier alpha value is -2.45. The summed E-state index contributed by atoms with van der Waals surface area (Å²) in [5.74, 6) is -0.998. The maximum Gasteiger partial charge on any atom is 0.435 e. The first kappa shape index (κ1) is 26.6. The molecule has 0 saturated heterocycles. The van der Waals surface area contributed by atoms with Crippen LogP contribution in [0.15, 0.2) is 0 Å². The molecular weight excluding hydrogens is 519 g/mol. The Labute approximate surface area is 210 Å². The lowest BCUT2D eigenvalue weighted by molar-refractivity contribution is -0.142. The number of hydrogen-bond acceptors (Lipinski definition) is 6. The second-order valence-corrected chi connectivity index (χ2v) is 12.0. The molecule has 14 heteroatoms. The molecule has 2 aromatic heterocycles. The number of thiophene rings is 1. The first-order valence-corrected chi connectivity index (χ1v) is 14.5. The molecule has 4 rings (SSSR count). The summed E-state index contributed by atoms with van der Waals surface area (Å²) in [5, 5.41) is 9.49. The van der Waals surface area contributed by atoms with E-state index in [1.54, 1.807) is 0 Å². The van der Waals surface area contributed by atoms with Crippen molar-refractivity contribution >= 4 is 38.2 Å². The lowest BCUT2D eigenvalue weighted by atomic mass is 9.95. The van der Waals surface area contributed by atoms with E-state index in [2.05, 4.69) is 20.5 Å². The largest absolute Gasteiger partial charge is 0.435 e. The minimum atomic E-state index is -4.59. The van der Waals surface area contributed by atoms with Crippen molar-refractivity contribution in [2.45, 2.75) is 64.1 Å². The average Bonchev–Trinajstić information content (AvgIpc) is 3.34. The number of rotatable bonds is 8. The molecule has 36 heavy (non-hydrogen) atoms. The van der Waals surface area contributed by atoms with Crippen molar-refractivity contribution in [1.29, 1.82) is 0 Å². The van der Waals surface area contributed by atoms with Crippen molar-refractivity contribution in [2.24, 2.45) is 0 Å². The lowest BCUT2D eigenvalue weighted by Crippen LogP contribution is -2.34. The van der Waals surface area contributed by atoms with Crippen LogP contribution in [0.25, 0.3) is 0 Å². The summed E-state index contributed by atoms with van der Waals surface area (Å²) in [5.41, 5.74) is 0.854. The molecule has 198 valence electrons. The molecule has 0 unspecified atom stereocenters. The molecule has 2 heterocycles. The summed E-state index contributed by atoms with van der Waals surface area (Å²) in [6, 6.07) is 0. The minimum Gasteiger partial charge on any atom is -0.351 e. The Bertz CT molecular complexity index is 1270. The number of nitrogens with zero attached hydrogens (tertiary/aromatic N) is 2. The molecule has 3 N–H and O–H groups in total. The molecule has 2 amide bonds. The first-order chi connectivity index (χ1) is 16.9. The second kappa shape index (κ2) is 10.5. The third-order valence-electron chi connectivity index (χ3n) is 6.24. The highest BCUT2D eigenvalue weighted by Crippen LogP contribution is 2.39. The second-order valence-electron chi connectivity index (χ2n) is 9.02.